The molecular weight excluding hydrogens is 310 g/mol. The minimum Gasteiger partial charge on any atom is -0.480 e. The first-order chi connectivity index (χ1) is 11.4. The standard InChI is InChI=1S/C9H9NO2.C6H13N.C2H5NO2/c1-7(12)10-9-4-2-8(6-11)3-5-9;7-6-4-2-1-3-5-6;3-1-2(4)5/h2-6H,1H3,(H,10,12);6H,1-5,7H2;1,3H2,(H,4,5). The van der Waals surface area contributed by atoms with Crippen LogP contribution in [0.15, 0.2) is 24.3 Å². The Morgan fingerprint density at radius 3 is 2.00 bits per heavy atom. The zero-order chi connectivity index (χ0) is 18.4. The Kier molecular flexibility index (Phi) is 12.0. The van der Waals surface area contributed by atoms with Gasteiger partial charge in [0.25, 0.3) is 0 Å². The number of carboxylic acids is 1. The van der Waals surface area contributed by atoms with Gasteiger partial charge in [0.15, 0.2) is 0 Å². The summed E-state index contributed by atoms with van der Waals surface area (Å²) in [7, 11) is 0. The van der Waals surface area contributed by atoms with E-state index in [9.17, 15) is 14.4 Å². The number of nitrogens with two attached hydrogens (primary N) is 2. The van der Waals surface area contributed by atoms with E-state index in [1.807, 2.05) is 0 Å². The van der Waals surface area contributed by atoms with Crippen molar-refractivity contribution in [2.24, 2.45) is 11.5 Å². The quantitative estimate of drug-likeness (QED) is 0.621. The molecule has 0 spiro atoms. The zero-order valence-corrected chi connectivity index (χ0v) is 14.0. The number of carbonyl (C=O) groups is 3. The number of hydrogen-bond donors (Lipinski definition) is 4. The number of benzene rings is 1. The van der Waals surface area contributed by atoms with E-state index in [-0.39, 0.29) is 12.5 Å². The molecule has 6 N–H and O–H groups in total. The SMILES string of the molecule is CC(=O)Nc1ccc(C=O)cc1.NC1CCCCC1.NCC(=O)O. The molecule has 7 nitrogen and oxygen atoms in total. The third-order valence-electron chi connectivity index (χ3n) is 3.19. The molecule has 1 aliphatic rings. The lowest BCUT2D eigenvalue weighted by Crippen LogP contribution is -2.22. The van der Waals surface area contributed by atoms with Gasteiger partial charge in [0.1, 0.15) is 6.29 Å². The largest absolute Gasteiger partial charge is 0.480 e. The second kappa shape index (κ2) is 13.2. The van der Waals surface area contributed by atoms with E-state index in [0.717, 1.165) is 6.29 Å². The molecule has 134 valence electrons. The molecule has 1 aromatic carbocycles. The highest BCUT2D eigenvalue weighted by Gasteiger charge is 2.06. The Morgan fingerprint density at radius 1 is 1.21 bits per heavy atom. The summed E-state index contributed by atoms with van der Waals surface area (Å²) in [4.78, 5) is 30.1. The molecule has 0 unspecified atom stereocenters. The van der Waals surface area contributed by atoms with Crippen LogP contribution in [0, 0.1) is 0 Å². The van der Waals surface area contributed by atoms with E-state index >= 15 is 0 Å². The Bertz CT molecular complexity index is 497. The topological polar surface area (TPSA) is 136 Å². The van der Waals surface area contributed by atoms with E-state index in [4.69, 9.17) is 10.8 Å². The molecule has 1 amide bonds. The zero-order valence-electron chi connectivity index (χ0n) is 14.0. The first-order valence-electron chi connectivity index (χ1n) is 7.89. The van der Waals surface area contributed by atoms with Gasteiger partial charge in [-0.2, -0.15) is 0 Å². The van der Waals surface area contributed by atoms with E-state index < -0.39 is 5.97 Å². The van der Waals surface area contributed by atoms with Crippen molar-refractivity contribution < 1.29 is 19.5 Å². The molecule has 0 radical (unpaired) electrons. The van der Waals surface area contributed by atoms with Crippen LogP contribution < -0.4 is 16.8 Å². The van der Waals surface area contributed by atoms with Crippen molar-refractivity contribution in [3.63, 3.8) is 0 Å². The summed E-state index contributed by atoms with van der Waals surface area (Å²) in [6, 6.07) is 7.21. The Hall–Kier alpha value is -2.25. The highest BCUT2D eigenvalue weighted by molar-refractivity contribution is 5.89. The number of carboxylic acid groups (broad SMARTS) is 1. The number of hydrogen-bond acceptors (Lipinski definition) is 5. The third-order valence-corrected chi connectivity index (χ3v) is 3.19. The van der Waals surface area contributed by atoms with Gasteiger partial charge < -0.3 is 21.9 Å². The van der Waals surface area contributed by atoms with Crippen LogP contribution in [0.2, 0.25) is 0 Å². The molecule has 7 heteroatoms. The number of anilines is 1. The molecule has 0 atom stereocenters. The first-order valence-corrected chi connectivity index (χ1v) is 7.89. The smallest absolute Gasteiger partial charge is 0.317 e. The van der Waals surface area contributed by atoms with Gasteiger partial charge in [-0.25, -0.2) is 0 Å². The minimum absolute atomic E-state index is 0.117. The van der Waals surface area contributed by atoms with Gasteiger partial charge in [-0.3, -0.25) is 14.4 Å². The van der Waals surface area contributed by atoms with Crippen LogP contribution >= 0.6 is 0 Å². The van der Waals surface area contributed by atoms with Crippen LogP contribution in [-0.2, 0) is 9.59 Å². The molecule has 2 rings (SSSR count). The van der Waals surface area contributed by atoms with Gasteiger partial charge in [0.05, 0.1) is 6.54 Å². The lowest BCUT2D eigenvalue weighted by Gasteiger charge is -2.15. The molecule has 0 aromatic heterocycles. The lowest BCUT2D eigenvalue weighted by molar-refractivity contribution is -0.135. The van der Waals surface area contributed by atoms with Crippen molar-refractivity contribution in [1.82, 2.24) is 0 Å². The highest BCUT2D eigenvalue weighted by Crippen LogP contribution is 2.14. The molecule has 1 saturated carbocycles. The highest BCUT2D eigenvalue weighted by atomic mass is 16.4. The summed E-state index contributed by atoms with van der Waals surface area (Å²) in [5.74, 6) is -1.08. The van der Waals surface area contributed by atoms with Crippen molar-refractivity contribution in [2.75, 3.05) is 11.9 Å². The lowest BCUT2D eigenvalue weighted by atomic mass is 9.97. The molecule has 1 aromatic rings. The fourth-order valence-corrected chi connectivity index (χ4v) is 1.98. The molecule has 24 heavy (non-hydrogen) atoms. The van der Waals surface area contributed by atoms with Crippen LogP contribution in [0.5, 0.6) is 0 Å². The van der Waals surface area contributed by atoms with Crippen molar-refractivity contribution in [1.29, 1.82) is 0 Å². The maximum atomic E-state index is 10.6. The van der Waals surface area contributed by atoms with Crippen LogP contribution in [0.25, 0.3) is 0 Å². The Labute approximate surface area is 142 Å². The Balaban J connectivity index is 0.000000373. The molecule has 0 saturated heterocycles. The minimum atomic E-state index is -0.968. The average molecular weight is 337 g/mol. The van der Waals surface area contributed by atoms with Gasteiger partial charge in [-0.05, 0) is 37.1 Å². The molecular formula is C17H27N3O4. The predicted octanol–water partition coefficient (Wildman–Crippen LogP) is 1.76. The van der Waals surface area contributed by atoms with Gasteiger partial charge >= 0.3 is 5.97 Å². The molecule has 0 aliphatic heterocycles. The second-order valence-electron chi connectivity index (χ2n) is 5.42. The number of aldehydes is 1. The van der Waals surface area contributed by atoms with Gasteiger partial charge in [0.2, 0.25) is 5.91 Å². The summed E-state index contributed by atoms with van der Waals surface area (Å²) in [6.07, 6.45) is 7.42. The number of nitrogens with one attached hydrogen (secondary N) is 1. The van der Waals surface area contributed by atoms with Crippen LogP contribution in [0.4, 0.5) is 5.69 Å². The van der Waals surface area contributed by atoms with Crippen molar-refractivity contribution in [2.45, 2.75) is 45.1 Å². The maximum absolute atomic E-state index is 10.6. The maximum Gasteiger partial charge on any atom is 0.317 e. The monoisotopic (exact) mass is 337 g/mol. The van der Waals surface area contributed by atoms with Gasteiger partial charge in [0, 0.05) is 24.2 Å². The fraction of sp³-hybridized carbons (Fsp3) is 0.471. The normalized spacial score (nSPS) is 13.5. The summed E-state index contributed by atoms with van der Waals surface area (Å²) < 4.78 is 0. The van der Waals surface area contributed by atoms with E-state index in [2.05, 4.69) is 11.1 Å². The van der Waals surface area contributed by atoms with Crippen LogP contribution in [0.1, 0.15) is 49.4 Å². The molecule has 0 bridgehead atoms. The van der Waals surface area contributed by atoms with Crippen molar-refractivity contribution >= 4 is 23.9 Å². The number of carbonyl (C=O) groups excluding carboxylic acids is 2. The number of rotatable bonds is 3. The summed E-state index contributed by atoms with van der Waals surface area (Å²) in [5, 5.41) is 10.2. The van der Waals surface area contributed by atoms with E-state index in [1.165, 1.54) is 39.0 Å². The van der Waals surface area contributed by atoms with Gasteiger partial charge in [-0.15, -0.1) is 0 Å². The van der Waals surface area contributed by atoms with Crippen molar-refractivity contribution in [3.05, 3.63) is 29.8 Å². The third kappa shape index (κ3) is 12.3. The van der Waals surface area contributed by atoms with Crippen LogP contribution in [-0.4, -0.2) is 35.9 Å². The second-order valence-corrected chi connectivity index (χ2v) is 5.42. The molecule has 1 aliphatic carbocycles. The molecule has 0 heterocycles. The summed E-state index contributed by atoms with van der Waals surface area (Å²) in [5.41, 5.74) is 11.5. The fourth-order valence-electron chi connectivity index (χ4n) is 1.98. The van der Waals surface area contributed by atoms with Crippen molar-refractivity contribution in [3.8, 4) is 0 Å². The van der Waals surface area contributed by atoms with E-state index in [1.54, 1.807) is 24.3 Å². The first kappa shape index (κ1) is 21.8. The summed E-state index contributed by atoms with van der Waals surface area (Å²) in [6.45, 7) is 1.16. The van der Waals surface area contributed by atoms with E-state index in [0.29, 0.717) is 17.3 Å². The molecule has 1 fully saturated rings. The summed E-state index contributed by atoms with van der Waals surface area (Å²) >= 11 is 0. The predicted molar refractivity (Wildman–Crippen MR) is 93.9 cm³/mol. The number of aliphatic carboxylic acids is 1. The van der Waals surface area contributed by atoms with Crippen LogP contribution in [0.3, 0.4) is 0 Å². The Morgan fingerprint density at radius 2 is 1.71 bits per heavy atom. The average Bonchev–Trinajstić information content (AvgIpc) is 2.57. The van der Waals surface area contributed by atoms with Gasteiger partial charge in [-0.1, -0.05) is 19.3 Å². The number of amides is 1.